The fraction of sp³-hybridized carbons (Fsp3) is 0.0714. The smallest absolute Gasteiger partial charge is 0.0555 e. The van der Waals surface area contributed by atoms with E-state index in [2.05, 4.69) is 160 Å². The van der Waals surface area contributed by atoms with Gasteiger partial charge in [0.25, 0.3) is 0 Å². The Morgan fingerprint density at radius 3 is 1.81 bits per heavy atom. The van der Waals surface area contributed by atoms with Crippen LogP contribution in [0.5, 0.6) is 0 Å². The molecule has 0 aliphatic rings. The van der Waals surface area contributed by atoms with Gasteiger partial charge in [0, 0.05) is 5.71 Å². The van der Waals surface area contributed by atoms with Gasteiger partial charge in [0.1, 0.15) is 0 Å². The molecule has 5 aromatic rings. The molecule has 0 saturated carbocycles. The first-order valence-electron chi connectivity index (χ1n) is 14.6. The Bertz CT molecular complexity index is 1850. The van der Waals surface area contributed by atoms with Crippen molar-refractivity contribution in [2.45, 2.75) is 20.8 Å². The van der Waals surface area contributed by atoms with Crippen molar-refractivity contribution in [3.05, 3.63) is 176 Å². The Morgan fingerprint density at radius 2 is 1.21 bits per heavy atom. The van der Waals surface area contributed by atoms with Crippen LogP contribution < -0.4 is 0 Å². The monoisotopic (exact) mass is 555 g/mol. The first-order valence-corrected chi connectivity index (χ1v) is 14.6. The van der Waals surface area contributed by atoms with E-state index in [-0.39, 0.29) is 0 Å². The third-order valence-corrected chi connectivity index (χ3v) is 7.77. The fourth-order valence-corrected chi connectivity index (χ4v) is 5.71. The van der Waals surface area contributed by atoms with Gasteiger partial charge in [-0.05, 0) is 99.7 Å². The highest BCUT2D eigenvalue weighted by molar-refractivity contribution is 6.02. The highest BCUT2D eigenvalue weighted by Crippen LogP contribution is 2.46. The van der Waals surface area contributed by atoms with Crippen molar-refractivity contribution in [1.82, 2.24) is 0 Å². The first-order chi connectivity index (χ1) is 20.9. The Kier molecular flexibility index (Phi) is 8.93. The van der Waals surface area contributed by atoms with Gasteiger partial charge in [0.2, 0.25) is 0 Å². The molecule has 0 amide bonds. The largest absolute Gasteiger partial charge is 0.254 e. The van der Waals surface area contributed by atoms with Crippen molar-refractivity contribution in [2.24, 2.45) is 4.99 Å². The van der Waals surface area contributed by atoms with E-state index >= 15 is 0 Å². The fourth-order valence-electron chi connectivity index (χ4n) is 5.71. The molecular formula is C42H37N. The maximum absolute atomic E-state index is 4.53. The van der Waals surface area contributed by atoms with Gasteiger partial charge < -0.3 is 0 Å². The summed E-state index contributed by atoms with van der Waals surface area (Å²) < 4.78 is 0. The molecule has 0 spiro atoms. The summed E-state index contributed by atoms with van der Waals surface area (Å²) in [6.07, 6.45) is 5.65. The number of hydrogen-bond donors (Lipinski definition) is 0. The summed E-state index contributed by atoms with van der Waals surface area (Å²) in [7, 11) is 0. The highest BCUT2D eigenvalue weighted by Gasteiger charge is 2.21. The summed E-state index contributed by atoms with van der Waals surface area (Å²) in [5.41, 5.74) is 15.9. The minimum Gasteiger partial charge on any atom is -0.254 e. The minimum atomic E-state index is 0.662. The van der Waals surface area contributed by atoms with Gasteiger partial charge in [-0.2, -0.15) is 0 Å². The normalized spacial score (nSPS) is 11.7. The van der Waals surface area contributed by atoms with E-state index < -0.39 is 0 Å². The number of benzene rings is 5. The topological polar surface area (TPSA) is 12.4 Å². The minimum absolute atomic E-state index is 0.662. The van der Waals surface area contributed by atoms with E-state index in [0.29, 0.717) is 5.70 Å². The number of hydrogen-bond acceptors (Lipinski definition) is 1. The molecule has 5 aromatic carbocycles. The van der Waals surface area contributed by atoms with Crippen LogP contribution in [0.15, 0.2) is 164 Å². The zero-order valence-corrected chi connectivity index (χ0v) is 25.3. The average Bonchev–Trinajstić information content (AvgIpc) is 3.05. The first kappa shape index (κ1) is 29.2. The molecule has 0 atom stereocenters. The summed E-state index contributed by atoms with van der Waals surface area (Å²) in [6, 6.07) is 41.2. The molecule has 0 unspecified atom stereocenters. The van der Waals surface area contributed by atoms with Gasteiger partial charge in [-0.1, -0.05) is 141 Å². The van der Waals surface area contributed by atoms with Crippen LogP contribution in [0.25, 0.3) is 50.1 Å². The van der Waals surface area contributed by atoms with E-state index in [9.17, 15) is 0 Å². The molecule has 0 fully saturated rings. The molecule has 0 aliphatic heterocycles. The second kappa shape index (κ2) is 13.1. The van der Waals surface area contributed by atoms with Crippen molar-refractivity contribution in [1.29, 1.82) is 0 Å². The molecule has 0 bridgehead atoms. The van der Waals surface area contributed by atoms with Crippen LogP contribution in [-0.2, 0) is 0 Å². The maximum atomic E-state index is 4.53. The molecule has 0 heterocycles. The lowest BCUT2D eigenvalue weighted by Crippen LogP contribution is -1.99. The molecular weight excluding hydrogens is 518 g/mol. The maximum Gasteiger partial charge on any atom is 0.0555 e. The van der Waals surface area contributed by atoms with Crippen LogP contribution in [0, 0.1) is 6.92 Å². The van der Waals surface area contributed by atoms with Crippen molar-refractivity contribution in [2.75, 3.05) is 0 Å². The van der Waals surface area contributed by atoms with Crippen LogP contribution in [0.4, 0.5) is 0 Å². The van der Waals surface area contributed by atoms with Crippen LogP contribution in [0.1, 0.15) is 30.5 Å². The van der Waals surface area contributed by atoms with Crippen LogP contribution in [0.3, 0.4) is 0 Å². The second-order valence-electron chi connectivity index (χ2n) is 10.7. The molecule has 0 radical (unpaired) electrons. The second-order valence-corrected chi connectivity index (χ2v) is 10.7. The quantitative estimate of drug-likeness (QED) is 0.127. The SMILES string of the molecule is C=C/C=C(\C)c1c(C)cc(-c2cccc(-c3ccc(C(C)=NC(=C)C=C)cc3)c2)c(-c2ccccc2)c1-c1ccccc1. The van der Waals surface area contributed by atoms with E-state index in [4.69, 9.17) is 0 Å². The molecule has 0 aliphatic carbocycles. The molecule has 1 nitrogen and oxygen atoms in total. The summed E-state index contributed by atoms with van der Waals surface area (Å²) in [5, 5.41) is 0. The van der Waals surface area contributed by atoms with Gasteiger partial charge in [-0.15, -0.1) is 0 Å². The number of allylic oxidation sites excluding steroid dienone is 4. The van der Waals surface area contributed by atoms with Crippen molar-refractivity contribution in [3.8, 4) is 44.5 Å². The van der Waals surface area contributed by atoms with Crippen LogP contribution >= 0.6 is 0 Å². The van der Waals surface area contributed by atoms with E-state index in [1.54, 1.807) is 6.08 Å². The number of aliphatic imine (C=N–C) groups is 1. The number of rotatable bonds is 9. The Balaban J connectivity index is 1.73. The lowest BCUT2D eigenvalue weighted by atomic mass is 9.80. The predicted octanol–water partition coefficient (Wildman–Crippen LogP) is 11.8. The van der Waals surface area contributed by atoms with Gasteiger partial charge in [-0.3, -0.25) is 4.99 Å². The summed E-state index contributed by atoms with van der Waals surface area (Å²) in [4.78, 5) is 4.53. The molecule has 0 N–H and O–H groups in total. The highest BCUT2D eigenvalue weighted by atomic mass is 14.7. The Labute approximate surface area is 256 Å². The van der Waals surface area contributed by atoms with Gasteiger partial charge in [0.05, 0.1) is 5.70 Å². The van der Waals surface area contributed by atoms with Gasteiger partial charge >= 0.3 is 0 Å². The summed E-state index contributed by atoms with van der Waals surface area (Å²) in [5.74, 6) is 0. The standard InChI is InChI=1S/C42H37N/c1-7-16-29(3)40-30(4)27-39(41(35-17-11-9-12-18-35)42(40)36-19-13-10-14-20-36)38-22-15-21-37(28-38)34-25-23-33(24-26-34)32(6)43-31(5)8-2/h7-28H,1-2,5H2,3-4,6H3/b29-16+,43-32?. The zero-order valence-electron chi connectivity index (χ0n) is 25.3. The summed E-state index contributed by atoms with van der Waals surface area (Å²) in [6.45, 7) is 18.0. The zero-order chi connectivity index (χ0) is 30.3. The van der Waals surface area contributed by atoms with Crippen LogP contribution in [0.2, 0.25) is 0 Å². The van der Waals surface area contributed by atoms with E-state index in [1.807, 2.05) is 13.0 Å². The Hall–Kier alpha value is -5.27. The molecule has 0 saturated heterocycles. The average molecular weight is 556 g/mol. The lowest BCUT2D eigenvalue weighted by Gasteiger charge is -2.23. The number of nitrogens with zero attached hydrogens (tertiary/aromatic N) is 1. The number of aryl methyl sites for hydroxylation is 1. The van der Waals surface area contributed by atoms with Crippen LogP contribution in [-0.4, -0.2) is 5.71 Å². The van der Waals surface area contributed by atoms with Crippen molar-refractivity contribution in [3.63, 3.8) is 0 Å². The van der Waals surface area contributed by atoms with Crippen molar-refractivity contribution < 1.29 is 0 Å². The molecule has 210 valence electrons. The van der Waals surface area contributed by atoms with Gasteiger partial charge in [-0.25, -0.2) is 0 Å². The molecule has 0 aromatic heterocycles. The molecule has 43 heavy (non-hydrogen) atoms. The third kappa shape index (κ3) is 6.32. The molecule has 1 heteroatoms. The van der Waals surface area contributed by atoms with E-state index in [1.165, 1.54) is 55.6 Å². The third-order valence-electron chi connectivity index (χ3n) is 7.77. The Morgan fingerprint density at radius 1 is 0.628 bits per heavy atom. The van der Waals surface area contributed by atoms with Gasteiger partial charge in [0.15, 0.2) is 0 Å². The lowest BCUT2D eigenvalue weighted by molar-refractivity contribution is 1.40. The van der Waals surface area contributed by atoms with E-state index in [0.717, 1.165) is 16.8 Å². The van der Waals surface area contributed by atoms with Crippen molar-refractivity contribution >= 4 is 11.3 Å². The summed E-state index contributed by atoms with van der Waals surface area (Å²) >= 11 is 0. The molecule has 5 rings (SSSR count). The predicted molar refractivity (Wildman–Crippen MR) is 188 cm³/mol.